The summed E-state index contributed by atoms with van der Waals surface area (Å²) in [6.07, 6.45) is 3.33. The number of hydrogen-bond donors (Lipinski definition) is 2. The second-order valence-corrected chi connectivity index (χ2v) is 5.74. The van der Waals surface area contributed by atoms with Gasteiger partial charge in [-0.25, -0.2) is 9.18 Å². The zero-order valence-corrected chi connectivity index (χ0v) is 12.7. The van der Waals surface area contributed by atoms with Crippen LogP contribution >= 0.6 is 0 Å². The Labute approximate surface area is 124 Å². The quantitative estimate of drug-likeness (QED) is 0.643. The van der Waals surface area contributed by atoms with Crippen molar-refractivity contribution in [1.82, 2.24) is 4.90 Å². The van der Waals surface area contributed by atoms with Crippen LogP contribution < -0.4 is 11.1 Å². The Bertz CT molecular complexity index is 542. The molecule has 1 aliphatic rings. The zero-order chi connectivity index (χ0) is 15.6. The van der Waals surface area contributed by atoms with Crippen molar-refractivity contribution < 1.29 is 13.9 Å². The maximum Gasteiger partial charge on any atom is 0.340 e. The number of nitrogens with zero attached hydrogens (tertiary/aromatic N) is 1. The van der Waals surface area contributed by atoms with Gasteiger partial charge < -0.3 is 20.7 Å². The third-order valence-electron chi connectivity index (χ3n) is 4.39. The molecule has 0 saturated heterocycles. The molecule has 0 heterocycles. The van der Waals surface area contributed by atoms with E-state index in [-0.39, 0.29) is 22.5 Å². The Morgan fingerprint density at radius 3 is 2.62 bits per heavy atom. The number of anilines is 2. The van der Waals surface area contributed by atoms with E-state index in [4.69, 9.17) is 5.73 Å². The molecule has 5 nitrogen and oxygen atoms in total. The van der Waals surface area contributed by atoms with Crippen LogP contribution in [0, 0.1) is 5.82 Å². The third kappa shape index (κ3) is 2.95. The highest BCUT2D eigenvalue weighted by Gasteiger charge is 2.38. The summed E-state index contributed by atoms with van der Waals surface area (Å²) in [5.74, 6) is -1.03. The summed E-state index contributed by atoms with van der Waals surface area (Å²) in [4.78, 5) is 13.8. The minimum absolute atomic E-state index is 0.0548. The number of esters is 1. The molecule has 1 aromatic rings. The number of hydrogen-bond acceptors (Lipinski definition) is 5. The Balaban J connectivity index is 2.18. The van der Waals surface area contributed by atoms with E-state index in [0.717, 1.165) is 18.9 Å². The molecule has 0 spiro atoms. The second-order valence-electron chi connectivity index (χ2n) is 5.74. The lowest BCUT2D eigenvalue weighted by molar-refractivity contribution is 0.0602. The molecule has 0 aromatic heterocycles. The molecule has 21 heavy (non-hydrogen) atoms. The van der Waals surface area contributed by atoms with E-state index in [1.54, 1.807) is 0 Å². The normalized spacial score (nSPS) is 16.4. The van der Waals surface area contributed by atoms with E-state index in [0.29, 0.717) is 6.54 Å². The van der Waals surface area contributed by atoms with Crippen molar-refractivity contribution in [3.63, 3.8) is 0 Å². The number of halogens is 1. The van der Waals surface area contributed by atoms with E-state index < -0.39 is 11.8 Å². The van der Waals surface area contributed by atoms with E-state index in [9.17, 15) is 9.18 Å². The van der Waals surface area contributed by atoms with Gasteiger partial charge in [-0.3, -0.25) is 0 Å². The largest absolute Gasteiger partial charge is 0.465 e. The summed E-state index contributed by atoms with van der Waals surface area (Å²) in [5.41, 5.74) is 6.24. The van der Waals surface area contributed by atoms with Crippen LogP contribution in [0.5, 0.6) is 0 Å². The summed E-state index contributed by atoms with van der Waals surface area (Å²) in [5, 5.41) is 3.10. The lowest BCUT2D eigenvalue weighted by Crippen LogP contribution is -2.54. The molecule has 0 amide bonds. The van der Waals surface area contributed by atoms with Gasteiger partial charge in [-0.2, -0.15) is 0 Å². The van der Waals surface area contributed by atoms with Crippen molar-refractivity contribution in [1.29, 1.82) is 0 Å². The monoisotopic (exact) mass is 295 g/mol. The predicted octanol–water partition coefficient (Wildman–Crippen LogP) is 2.09. The van der Waals surface area contributed by atoms with Crippen LogP contribution in [0.25, 0.3) is 0 Å². The molecule has 1 aliphatic carbocycles. The number of nitrogens with two attached hydrogens (primary N) is 1. The fraction of sp³-hybridized carbons (Fsp3) is 0.533. The van der Waals surface area contributed by atoms with E-state index in [1.165, 1.54) is 19.6 Å². The molecule has 1 fully saturated rings. The molecular weight excluding hydrogens is 273 g/mol. The van der Waals surface area contributed by atoms with Gasteiger partial charge in [0.2, 0.25) is 0 Å². The standard InChI is InChI=1S/C15H22FN3O2/c1-19(2)15(5-4-6-15)9-18-13-7-10(14(20)21-3)12(17)8-11(13)16/h7-8,18H,4-6,9,17H2,1-3H3. The average Bonchev–Trinajstić information content (AvgIpc) is 2.38. The number of ether oxygens (including phenoxy) is 1. The Hall–Kier alpha value is -1.82. The van der Waals surface area contributed by atoms with E-state index in [1.807, 2.05) is 14.1 Å². The van der Waals surface area contributed by atoms with Crippen LogP contribution in [-0.4, -0.2) is 44.2 Å². The summed E-state index contributed by atoms with van der Waals surface area (Å²) < 4.78 is 18.6. The summed E-state index contributed by atoms with van der Waals surface area (Å²) in [7, 11) is 5.33. The maximum absolute atomic E-state index is 14.0. The number of rotatable bonds is 5. The molecule has 116 valence electrons. The topological polar surface area (TPSA) is 67.6 Å². The van der Waals surface area contributed by atoms with E-state index >= 15 is 0 Å². The molecule has 1 aromatic carbocycles. The van der Waals surface area contributed by atoms with Gasteiger partial charge in [0.05, 0.1) is 18.4 Å². The van der Waals surface area contributed by atoms with Crippen LogP contribution in [0.2, 0.25) is 0 Å². The fourth-order valence-electron chi connectivity index (χ4n) is 2.64. The second kappa shape index (κ2) is 5.89. The SMILES string of the molecule is COC(=O)c1cc(NCC2(N(C)C)CCC2)c(F)cc1N. The molecule has 0 aliphatic heterocycles. The summed E-state index contributed by atoms with van der Waals surface area (Å²) >= 11 is 0. The average molecular weight is 295 g/mol. The van der Waals surface area contributed by atoms with Gasteiger partial charge in [-0.1, -0.05) is 0 Å². The van der Waals surface area contributed by atoms with Gasteiger partial charge in [0.1, 0.15) is 5.82 Å². The molecule has 6 heteroatoms. The molecular formula is C15H22FN3O2. The predicted molar refractivity (Wildman–Crippen MR) is 80.9 cm³/mol. The minimum atomic E-state index is -0.568. The fourth-order valence-corrected chi connectivity index (χ4v) is 2.64. The number of likely N-dealkylation sites (N-methyl/N-ethyl adjacent to an activating group) is 1. The Morgan fingerprint density at radius 1 is 1.48 bits per heavy atom. The van der Waals surface area contributed by atoms with Gasteiger partial charge in [-0.05, 0) is 45.5 Å². The van der Waals surface area contributed by atoms with Gasteiger partial charge in [0, 0.05) is 17.8 Å². The third-order valence-corrected chi connectivity index (χ3v) is 4.39. The van der Waals surface area contributed by atoms with Crippen LogP contribution in [0.1, 0.15) is 29.6 Å². The van der Waals surface area contributed by atoms with Crippen molar-refractivity contribution >= 4 is 17.3 Å². The summed E-state index contributed by atoms with van der Waals surface area (Å²) in [6.45, 7) is 0.626. The van der Waals surface area contributed by atoms with Crippen molar-refractivity contribution in [2.75, 3.05) is 38.8 Å². The molecule has 0 atom stereocenters. The maximum atomic E-state index is 14.0. The Morgan fingerprint density at radius 2 is 2.14 bits per heavy atom. The van der Waals surface area contributed by atoms with Crippen LogP contribution in [0.3, 0.4) is 0 Å². The van der Waals surface area contributed by atoms with Gasteiger partial charge in [0.25, 0.3) is 0 Å². The first-order valence-corrected chi connectivity index (χ1v) is 6.98. The highest BCUT2D eigenvalue weighted by molar-refractivity contribution is 5.96. The number of carbonyl (C=O) groups is 1. The van der Waals surface area contributed by atoms with Crippen molar-refractivity contribution in [3.8, 4) is 0 Å². The smallest absolute Gasteiger partial charge is 0.340 e. The molecule has 0 radical (unpaired) electrons. The van der Waals surface area contributed by atoms with Gasteiger partial charge >= 0.3 is 5.97 Å². The lowest BCUT2D eigenvalue weighted by atomic mass is 9.75. The first-order chi connectivity index (χ1) is 9.89. The number of nitrogen functional groups attached to an aromatic ring is 1. The molecule has 0 bridgehead atoms. The van der Waals surface area contributed by atoms with Crippen molar-refractivity contribution in [2.24, 2.45) is 0 Å². The molecule has 2 rings (SSSR count). The summed E-state index contributed by atoms with van der Waals surface area (Å²) in [6, 6.07) is 2.57. The number of carbonyl (C=O) groups excluding carboxylic acids is 1. The van der Waals surface area contributed by atoms with Gasteiger partial charge in [-0.15, -0.1) is 0 Å². The van der Waals surface area contributed by atoms with Gasteiger partial charge in [0.15, 0.2) is 0 Å². The van der Waals surface area contributed by atoms with Crippen LogP contribution in [0.15, 0.2) is 12.1 Å². The number of methoxy groups -OCH3 is 1. The van der Waals surface area contributed by atoms with Crippen LogP contribution in [0.4, 0.5) is 15.8 Å². The Kier molecular flexibility index (Phi) is 4.37. The molecule has 1 saturated carbocycles. The highest BCUT2D eigenvalue weighted by Crippen LogP contribution is 2.36. The first-order valence-electron chi connectivity index (χ1n) is 6.98. The molecule has 3 N–H and O–H groups in total. The number of benzene rings is 1. The molecule has 0 unspecified atom stereocenters. The van der Waals surface area contributed by atoms with Crippen molar-refractivity contribution in [2.45, 2.75) is 24.8 Å². The highest BCUT2D eigenvalue weighted by atomic mass is 19.1. The zero-order valence-electron chi connectivity index (χ0n) is 12.7. The van der Waals surface area contributed by atoms with E-state index in [2.05, 4.69) is 15.0 Å². The van der Waals surface area contributed by atoms with Crippen molar-refractivity contribution in [3.05, 3.63) is 23.5 Å². The lowest BCUT2D eigenvalue weighted by Gasteiger charge is -2.47. The first kappa shape index (κ1) is 15.6. The van der Waals surface area contributed by atoms with Crippen LogP contribution in [-0.2, 0) is 4.74 Å². The minimum Gasteiger partial charge on any atom is -0.465 e. The number of nitrogens with one attached hydrogen (secondary N) is 1.